The molecule has 0 unspecified atom stereocenters. The van der Waals surface area contributed by atoms with Gasteiger partial charge in [0.15, 0.2) is 0 Å². The van der Waals surface area contributed by atoms with Crippen molar-refractivity contribution >= 4 is 10.0 Å². The molecule has 0 amide bonds. The van der Waals surface area contributed by atoms with Crippen LogP contribution in [0.4, 0.5) is 0 Å². The monoisotopic (exact) mass is 315 g/mol. The van der Waals surface area contributed by atoms with E-state index in [1.807, 2.05) is 0 Å². The molecule has 0 aromatic carbocycles. The number of aliphatic hydroxyl groups excluding tert-OH is 1. The van der Waals surface area contributed by atoms with Gasteiger partial charge in [0.05, 0.1) is 6.20 Å². The predicted molar refractivity (Wildman–Crippen MR) is 80.3 cm³/mol. The van der Waals surface area contributed by atoms with E-state index in [2.05, 4.69) is 9.82 Å². The Kier molecular flexibility index (Phi) is 6.20. The number of hydrogen-bond acceptors (Lipinski definition) is 4. The van der Waals surface area contributed by atoms with Gasteiger partial charge in [-0.2, -0.15) is 5.10 Å². The molecule has 6 nitrogen and oxygen atoms in total. The van der Waals surface area contributed by atoms with Crippen molar-refractivity contribution in [1.82, 2.24) is 14.5 Å². The van der Waals surface area contributed by atoms with Gasteiger partial charge in [0.2, 0.25) is 10.0 Å². The highest BCUT2D eigenvalue weighted by Gasteiger charge is 2.18. The number of aromatic nitrogens is 2. The van der Waals surface area contributed by atoms with Gasteiger partial charge in [0.1, 0.15) is 4.90 Å². The summed E-state index contributed by atoms with van der Waals surface area (Å²) in [6.07, 6.45) is 10.7. The topological polar surface area (TPSA) is 84.2 Å². The van der Waals surface area contributed by atoms with Gasteiger partial charge < -0.3 is 5.11 Å². The van der Waals surface area contributed by atoms with Crippen LogP contribution in [0.25, 0.3) is 0 Å². The van der Waals surface area contributed by atoms with Crippen molar-refractivity contribution in [2.45, 2.75) is 56.4 Å². The Balaban J connectivity index is 1.81. The number of nitrogens with one attached hydrogen (secondary N) is 1. The summed E-state index contributed by atoms with van der Waals surface area (Å²) in [6.45, 7) is 1.09. The maximum Gasteiger partial charge on any atom is 0.243 e. The van der Waals surface area contributed by atoms with Crippen LogP contribution in [0.15, 0.2) is 17.3 Å². The molecule has 21 heavy (non-hydrogen) atoms. The van der Waals surface area contributed by atoms with E-state index in [-0.39, 0.29) is 11.5 Å². The van der Waals surface area contributed by atoms with Crippen LogP contribution in [0.1, 0.15) is 44.9 Å². The lowest BCUT2D eigenvalue weighted by atomic mass is 9.87. The van der Waals surface area contributed by atoms with E-state index in [1.54, 1.807) is 4.68 Å². The van der Waals surface area contributed by atoms with Gasteiger partial charge in [-0.25, -0.2) is 13.1 Å². The van der Waals surface area contributed by atoms with Crippen molar-refractivity contribution in [3.63, 3.8) is 0 Å². The van der Waals surface area contributed by atoms with E-state index in [0.29, 0.717) is 25.4 Å². The Hall–Kier alpha value is -0.920. The first-order valence-electron chi connectivity index (χ1n) is 7.75. The fourth-order valence-electron chi connectivity index (χ4n) is 2.79. The summed E-state index contributed by atoms with van der Waals surface area (Å²) in [5, 5.41) is 12.8. The van der Waals surface area contributed by atoms with Crippen molar-refractivity contribution in [3.8, 4) is 0 Å². The van der Waals surface area contributed by atoms with Crippen molar-refractivity contribution in [2.75, 3.05) is 13.2 Å². The van der Waals surface area contributed by atoms with Gasteiger partial charge >= 0.3 is 0 Å². The molecule has 0 radical (unpaired) electrons. The molecule has 0 bridgehead atoms. The highest BCUT2D eigenvalue weighted by atomic mass is 32.2. The molecule has 1 aromatic rings. The Morgan fingerprint density at radius 2 is 2.10 bits per heavy atom. The molecule has 1 aliphatic rings. The molecule has 0 spiro atoms. The molecule has 120 valence electrons. The molecule has 0 saturated heterocycles. The number of nitrogens with zero attached hydrogens (tertiary/aromatic N) is 2. The largest absolute Gasteiger partial charge is 0.396 e. The highest BCUT2D eigenvalue weighted by molar-refractivity contribution is 7.89. The van der Waals surface area contributed by atoms with Gasteiger partial charge in [-0.1, -0.05) is 32.1 Å². The van der Waals surface area contributed by atoms with E-state index in [4.69, 9.17) is 5.11 Å². The lowest BCUT2D eigenvalue weighted by Crippen LogP contribution is -2.26. The third kappa shape index (κ3) is 5.09. The molecule has 1 fully saturated rings. The maximum atomic E-state index is 12.1. The van der Waals surface area contributed by atoms with Crippen LogP contribution in [0.2, 0.25) is 0 Å². The number of hydrogen-bond donors (Lipinski definition) is 2. The SMILES string of the molecule is O=S(=O)(NCCC1CCCCC1)c1cnn(CCCO)c1. The zero-order chi connectivity index (χ0) is 15.1. The first-order valence-corrected chi connectivity index (χ1v) is 9.23. The molecule has 1 aromatic heterocycles. The van der Waals surface area contributed by atoms with E-state index in [9.17, 15) is 8.42 Å². The fraction of sp³-hybridized carbons (Fsp3) is 0.786. The second-order valence-electron chi connectivity index (χ2n) is 5.71. The lowest BCUT2D eigenvalue weighted by molar-refractivity contribution is 0.277. The summed E-state index contributed by atoms with van der Waals surface area (Å²) in [7, 11) is -3.46. The van der Waals surface area contributed by atoms with Crippen LogP contribution in [-0.2, 0) is 16.6 Å². The Morgan fingerprint density at radius 3 is 2.81 bits per heavy atom. The second-order valence-corrected chi connectivity index (χ2v) is 7.47. The van der Waals surface area contributed by atoms with Crippen LogP contribution in [-0.4, -0.2) is 36.5 Å². The van der Waals surface area contributed by atoms with E-state index >= 15 is 0 Å². The fourth-order valence-corrected chi connectivity index (χ4v) is 3.79. The first-order chi connectivity index (χ1) is 10.1. The Bertz CT molecular complexity index is 521. The summed E-state index contributed by atoms with van der Waals surface area (Å²) >= 11 is 0. The van der Waals surface area contributed by atoms with Gasteiger partial charge in [-0.3, -0.25) is 4.68 Å². The maximum absolute atomic E-state index is 12.1. The molecule has 0 aliphatic heterocycles. The van der Waals surface area contributed by atoms with E-state index < -0.39 is 10.0 Å². The van der Waals surface area contributed by atoms with Crippen LogP contribution < -0.4 is 4.72 Å². The smallest absolute Gasteiger partial charge is 0.243 e. The quantitative estimate of drug-likeness (QED) is 0.761. The average Bonchev–Trinajstić information content (AvgIpc) is 2.96. The molecule has 0 atom stereocenters. The summed E-state index contributed by atoms with van der Waals surface area (Å²) in [4.78, 5) is 0.198. The van der Waals surface area contributed by atoms with Crippen LogP contribution in [0.5, 0.6) is 0 Å². The van der Waals surface area contributed by atoms with E-state index in [0.717, 1.165) is 6.42 Å². The normalized spacial score (nSPS) is 17.2. The second kappa shape index (κ2) is 7.91. The molecule has 1 heterocycles. The van der Waals surface area contributed by atoms with Gasteiger partial charge in [0, 0.05) is 25.9 Å². The molecule has 7 heteroatoms. The molecule has 1 aliphatic carbocycles. The lowest BCUT2D eigenvalue weighted by Gasteiger charge is -2.21. The minimum absolute atomic E-state index is 0.0710. The molecule has 2 rings (SSSR count). The average molecular weight is 315 g/mol. The molecule has 1 saturated carbocycles. The zero-order valence-electron chi connectivity index (χ0n) is 12.4. The number of sulfonamides is 1. The summed E-state index contributed by atoms with van der Waals surface area (Å²) in [5.41, 5.74) is 0. The Morgan fingerprint density at radius 1 is 1.33 bits per heavy atom. The molecule has 2 N–H and O–H groups in total. The summed E-state index contributed by atoms with van der Waals surface area (Å²) < 4.78 is 28.5. The third-order valence-corrected chi connectivity index (χ3v) is 5.45. The number of aryl methyl sites for hydroxylation is 1. The summed E-state index contributed by atoms with van der Waals surface area (Å²) in [6, 6.07) is 0. The van der Waals surface area contributed by atoms with Crippen molar-refractivity contribution < 1.29 is 13.5 Å². The van der Waals surface area contributed by atoms with Crippen LogP contribution >= 0.6 is 0 Å². The van der Waals surface area contributed by atoms with Gasteiger partial charge in [-0.05, 0) is 18.8 Å². The van der Waals surface area contributed by atoms with Crippen molar-refractivity contribution in [3.05, 3.63) is 12.4 Å². The van der Waals surface area contributed by atoms with Crippen LogP contribution in [0, 0.1) is 5.92 Å². The summed E-state index contributed by atoms with van der Waals surface area (Å²) in [5.74, 6) is 0.661. The minimum Gasteiger partial charge on any atom is -0.396 e. The molecular weight excluding hydrogens is 290 g/mol. The van der Waals surface area contributed by atoms with Crippen molar-refractivity contribution in [2.24, 2.45) is 5.92 Å². The first kappa shape index (κ1) is 16.5. The van der Waals surface area contributed by atoms with Gasteiger partial charge in [0.25, 0.3) is 0 Å². The van der Waals surface area contributed by atoms with Crippen LogP contribution in [0.3, 0.4) is 0 Å². The standard InChI is InChI=1S/C14H25N3O3S/c18-10-4-9-17-12-14(11-15-17)21(19,20)16-8-7-13-5-2-1-3-6-13/h11-13,16,18H,1-10H2. The highest BCUT2D eigenvalue weighted by Crippen LogP contribution is 2.25. The Labute approximate surface area is 126 Å². The minimum atomic E-state index is -3.46. The third-order valence-electron chi connectivity index (χ3n) is 4.03. The molecular formula is C14H25N3O3S. The van der Waals surface area contributed by atoms with E-state index in [1.165, 1.54) is 44.5 Å². The van der Waals surface area contributed by atoms with Gasteiger partial charge in [-0.15, -0.1) is 0 Å². The number of rotatable bonds is 8. The van der Waals surface area contributed by atoms with Crippen molar-refractivity contribution in [1.29, 1.82) is 0 Å². The zero-order valence-corrected chi connectivity index (χ0v) is 13.2. The predicted octanol–water partition coefficient (Wildman–Crippen LogP) is 1.51. The number of aliphatic hydroxyl groups is 1.